The Kier molecular flexibility index (Phi) is 5.09. The van der Waals surface area contributed by atoms with Crippen molar-refractivity contribution in [2.45, 2.75) is 43.4 Å². The number of nitrogens with zero attached hydrogens (tertiary/aromatic N) is 2. The highest BCUT2D eigenvalue weighted by Gasteiger charge is 2.50. The van der Waals surface area contributed by atoms with Crippen molar-refractivity contribution in [3.05, 3.63) is 87.9 Å². The van der Waals surface area contributed by atoms with Gasteiger partial charge in [0.15, 0.2) is 0 Å². The number of aliphatic hydroxyl groups is 1. The number of halogens is 4. The first-order valence-corrected chi connectivity index (χ1v) is 10.6. The van der Waals surface area contributed by atoms with E-state index in [0.29, 0.717) is 22.6 Å². The molecule has 0 amide bonds. The lowest BCUT2D eigenvalue weighted by Crippen LogP contribution is -2.22. The minimum absolute atomic E-state index is 0.00732. The van der Waals surface area contributed by atoms with Gasteiger partial charge in [0.25, 0.3) is 5.92 Å². The van der Waals surface area contributed by atoms with Crippen LogP contribution in [0.4, 0.5) is 29.1 Å². The van der Waals surface area contributed by atoms with E-state index in [4.69, 9.17) is 0 Å². The van der Waals surface area contributed by atoms with Crippen LogP contribution in [0.15, 0.2) is 48.7 Å². The lowest BCUT2D eigenvalue weighted by molar-refractivity contribution is -0.0966. The highest BCUT2D eigenvalue weighted by atomic mass is 19.3. The molecule has 0 saturated carbocycles. The van der Waals surface area contributed by atoms with Gasteiger partial charge < -0.3 is 10.4 Å². The van der Waals surface area contributed by atoms with Gasteiger partial charge in [-0.3, -0.25) is 0 Å². The quantitative estimate of drug-likeness (QED) is 0.478. The largest absolute Gasteiger partial charge is 0.382 e. The third-order valence-corrected chi connectivity index (χ3v) is 6.47. The fourth-order valence-electron chi connectivity index (χ4n) is 5.05. The number of nitriles is 1. The smallest absolute Gasteiger partial charge is 0.281 e. The van der Waals surface area contributed by atoms with Crippen LogP contribution in [0.5, 0.6) is 0 Å². The van der Waals surface area contributed by atoms with E-state index in [2.05, 4.69) is 10.3 Å². The van der Waals surface area contributed by atoms with E-state index >= 15 is 0 Å². The Morgan fingerprint density at radius 1 is 1.09 bits per heavy atom. The van der Waals surface area contributed by atoms with Crippen molar-refractivity contribution in [1.82, 2.24) is 4.98 Å². The maximum Gasteiger partial charge on any atom is 0.281 e. The average molecular weight is 453 g/mol. The van der Waals surface area contributed by atoms with Gasteiger partial charge in [-0.1, -0.05) is 12.1 Å². The van der Waals surface area contributed by atoms with Crippen LogP contribution in [0.2, 0.25) is 0 Å². The van der Waals surface area contributed by atoms with Gasteiger partial charge in [0, 0.05) is 29.8 Å². The van der Waals surface area contributed by atoms with Crippen LogP contribution in [0.3, 0.4) is 0 Å². The summed E-state index contributed by atoms with van der Waals surface area (Å²) in [6.07, 6.45) is -2.26. The highest BCUT2D eigenvalue weighted by Crippen LogP contribution is 2.52. The van der Waals surface area contributed by atoms with E-state index in [1.807, 2.05) is 6.07 Å². The number of nitrogens with one attached hydrogen (secondary N) is 1. The van der Waals surface area contributed by atoms with Crippen LogP contribution in [0, 0.1) is 17.1 Å². The summed E-state index contributed by atoms with van der Waals surface area (Å²) in [6.45, 7) is 0. The first-order chi connectivity index (χ1) is 15.8. The summed E-state index contributed by atoms with van der Waals surface area (Å²) in [5, 5.41) is 23.1. The lowest BCUT2D eigenvalue weighted by atomic mass is 9.74. The predicted octanol–water partition coefficient (Wildman–Crippen LogP) is 6.00. The second-order valence-corrected chi connectivity index (χ2v) is 8.44. The number of fused-ring (bicyclic) bond motifs is 2. The molecule has 2 unspecified atom stereocenters. The van der Waals surface area contributed by atoms with Crippen molar-refractivity contribution in [3.63, 3.8) is 0 Å². The second kappa shape index (κ2) is 7.85. The topological polar surface area (TPSA) is 68.9 Å². The summed E-state index contributed by atoms with van der Waals surface area (Å²) < 4.78 is 58.1. The van der Waals surface area contributed by atoms with Gasteiger partial charge >= 0.3 is 0 Å². The third kappa shape index (κ3) is 3.53. The number of pyridine rings is 1. The normalized spacial score (nSPS) is 22.8. The van der Waals surface area contributed by atoms with Gasteiger partial charge in [0.1, 0.15) is 23.9 Å². The molecule has 5 rings (SSSR count). The number of rotatable bonds is 3. The molecule has 3 aromatic rings. The van der Waals surface area contributed by atoms with Crippen LogP contribution in [0.1, 0.15) is 64.4 Å². The summed E-state index contributed by atoms with van der Waals surface area (Å²) in [6, 6.07) is 12.4. The molecule has 0 aliphatic heterocycles. The van der Waals surface area contributed by atoms with E-state index in [9.17, 15) is 27.9 Å². The molecule has 0 radical (unpaired) electrons. The molecule has 3 atom stereocenters. The van der Waals surface area contributed by atoms with Crippen LogP contribution >= 0.6 is 0 Å². The molecule has 0 saturated heterocycles. The SMILES string of the molecule is N#Cc1cc(F)cc2c1C(c1ccc(Nc3ccccn3)c3c1CC(F)(F)[C@H]3O)CCC2F. The molecule has 0 spiro atoms. The number of anilines is 2. The van der Waals surface area contributed by atoms with Gasteiger partial charge in [-0.15, -0.1) is 0 Å². The number of alkyl halides is 3. The van der Waals surface area contributed by atoms with Crippen LogP contribution in [0.25, 0.3) is 0 Å². The zero-order valence-corrected chi connectivity index (χ0v) is 17.3. The maximum atomic E-state index is 14.7. The Morgan fingerprint density at radius 3 is 2.64 bits per heavy atom. The van der Waals surface area contributed by atoms with Crippen molar-refractivity contribution < 1.29 is 22.7 Å². The third-order valence-electron chi connectivity index (χ3n) is 6.47. The zero-order chi connectivity index (χ0) is 23.3. The van der Waals surface area contributed by atoms with Gasteiger partial charge in [0.05, 0.1) is 11.6 Å². The standard InChI is InChI=1S/C25H19F4N3O/c26-14-9-13(12-30)22-16(4-6-19(27)17(22)10-14)15-5-7-20(32-21-3-1-2-8-31-21)23-18(15)11-25(28,29)24(23)33/h1-3,5,7-10,16,19,24,33H,4,6,11H2,(H,31,32)/t16?,19?,24-/m0/s1. The fraction of sp³-hybridized carbons (Fsp3) is 0.280. The van der Waals surface area contributed by atoms with Gasteiger partial charge in [-0.05, 0) is 65.4 Å². The molecule has 168 valence electrons. The van der Waals surface area contributed by atoms with Gasteiger partial charge in [-0.25, -0.2) is 22.5 Å². The molecule has 33 heavy (non-hydrogen) atoms. The molecular weight excluding hydrogens is 434 g/mol. The first kappa shape index (κ1) is 21.4. The van der Waals surface area contributed by atoms with E-state index in [1.54, 1.807) is 36.5 Å². The summed E-state index contributed by atoms with van der Waals surface area (Å²) in [5.41, 5.74) is 1.52. The van der Waals surface area contributed by atoms with Gasteiger partial charge in [-0.2, -0.15) is 5.26 Å². The Balaban J connectivity index is 1.68. The van der Waals surface area contributed by atoms with Crippen molar-refractivity contribution in [2.75, 3.05) is 5.32 Å². The van der Waals surface area contributed by atoms with Crippen LogP contribution < -0.4 is 5.32 Å². The molecule has 0 bridgehead atoms. The molecule has 8 heteroatoms. The van der Waals surface area contributed by atoms with E-state index < -0.39 is 36.4 Å². The van der Waals surface area contributed by atoms with Crippen molar-refractivity contribution in [1.29, 1.82) is 5.26 Å². The summed E-state index contributed by atoms with van der Waals surface area (Å²) in [4.78, 5) is 4.15. The number of hydrogen-bond acceptors (Lipinski definition) is 4. The molecule has 2 N–H and O–H groups in total. The Labute approximate surface area is 187 Å². The second-order valence-electron chi connectivity index (χ2n) is 8.44. The minimum Gasteiger partial charge on any atom is -0.382 e. The molecule has 2 aliphatic carbocycles. The van der Waals surface area contributed by atoms with Crippen molar-refractivity contribution in [2.24, 2.45) is 0 Å². The molecular formula is C25H19F4N3O. The van der Waals surface area contributed by atoms with Gasteiger partial charge in [0.2, 0.25) is 0 Å². The summed E-state index contributed by atoms with van der Waals surface area (Å²) >= 11 is 0. The van der Waals surface area contributed by atoms with Crippen molar-refractivity contribution >= 4 is 11.5 Å². The van der Waals surface area contributed by atoms with E-state index in [1.165, 1.54) is 0 Å². The highest BCUT2D eigenvalue weighted by molar-refractivity contribution is 5.68. The average Bonchev–Trinajstić information content (AvgIpc) is 3.04. The first-order valence-electron chi connectivity index (χ1n) is 10.6. The molecule has 0 fully saturated rings. The van der Waals surface area contributed by atoms with Crippen LogP contribution in [-0.2, 0) is 6.42 Å². The number of aliphatic hydroxyl groups excluding tert-OH is 1. The molecule has 1 aromatic heterocycles. The number of aromatic nitrogens is 1. The summed E-state index contributed by atoms with van der Waals surface area (Å²) in [7, 11) is 0. The lowest BCUT2D eigenvalue weighted by Gasteiger charge is -2.31. The molecule has 2 aromatic carbocycles. The summed E-state index contributed by atoms with van der Waals surface area (Å²) in [5.74, 6) is -4.24. The maximum absolute atomic E-state index is 14.7. The zero-order valence-electron chi connectivity index (χ0n) is 17.3. The van der Waals surface area contributed by atoms with E-state index in [-0.39, 0.29) is 35.1 Å². The Hall–Kier alpha value is -3.44. The van der Waals surface area contributed by atoms with Crippen molar-refractivity contribution in [3.8, 4) is 6.07 Å². The van der Waals surface area contributed by atoms with Crippen LogP contribution in [-0.4, -0.2) is 16.0 Å². The Morgan fingerprint density at radius 2 is 1.91 bits per heavy atom. The fourth-order valence-corrected chi connectivity index (χ4v) is 5.05. The molecule has 4 nitrogen and oxygen atoms in total. The van der Waals surface area contributed by atoms with E-state index in [0.717, 1.165) is 12.1 Å². The Bertz CT molecular complexity index is 1270. The predicted molar refractivity (Wildman–Crippen MR) is 114 cm³/mol. The number of benzene rings is 2. The minimum atomic E-state index is -3.39. The monoisotopic (exact) mass is 453 g/mol. The number of hydrogen-bond donors (Lipinski definition) is 2. The molecule has 2 aliphatic rings. The molecule has 1 heterocycles.